The van der Waals surface area contributed by atoms with E-state index in [0.717, 1.165) is 11.1 Å². The smallest absolute Gasteiger partial charge is 0.263 e. The molecular weight excluding hydrogens is 452 g/mol. The summed E-state index contributed by atoms with van der Waals surface area (Å²) in [5.74, 6) is 1.81. The number of para-hydroxylation sites is 2. The summed E-state index contributed by atoms with van der Waals surface area (Å²) in [5, 5.41) is 3.23. The van der Waals surface area contributed by atoms with Crippen molar-refractivity contribution in [3.63, 3.8) is 0 Å². The van der Waals surface area contributed by atoms with Gasteiger partial charge >= 0.3 is 0 Å². The number of fused-ring (bicyclic) bond motifs is 1. The van der Waals surface area contributed by atoms with Crippen LogP contribution >= 0.6 is 0 Å². The highest BCUT2D eigenvalue weighted by atomic mass is 32.2. The Morgan fingerprint density at radius 3 is 2.12 bits per heavy atom. The quantitative estimate of drug-likeness (QED) is 0.367. The van der Waals surface area contributed by atoms with Gasteiger partial charge in [-0.15, -0.1) is 0 Å². The SMILES string of the molecule is COc1ccc(CCNc2nc3ccccc3nc2NS(=O)(=O)c2ccc(C)cc2)cc1OC. The van der Waals surface area contributed by atoms with Crippen LogP contribution in [0, 0.1) is 6.92 Å². The molecule has 3 aromatic carbocycles. The number of aryl methyl sites for hydroxylation is 1. The number of rotatable bonds is 9. The molecule has 0 aliphatic heterocycles. The van der Waals surface area contributed by atoms with Crippen LogP contribution < -0.4 is 19.5 Å². The second kappa shape index (κ2) is 9.96. The summed E-state index contributed by atoms with van der Waals surface area (Å²) < 4.78 is 39.2. The minimum atomic E-state index is -3.84. The first-order valence-corrected chi connectivity index (χ1v) is 12.2. The van der Waals surface area contributed by atoms with E-state index >= 15 is 0 Å². The molecule has 0 atom stereocenters. The molecule has 0 aliphatic rings. The van der Waals surface area contributed by atoms with Crippen LogP contribution in [0.1, 0.15) is 11.1 Å². The Balaban J connectivity index is 1.59. The van der Waals surface area contributed by atoms with Crippen molar-refractivity contribution >= 4 is 32.7 Å². The molecule has 9 heteroatoms. The maximum Gasteiger partial charge on any atom is 0.263 e. The third kappa shape index (κ3) is 5.20. The van der Waals surface area contributed by atoms with Gasteiger partial charge in [-0.1, -0.05) is 35.9 Å². The van der Waals surface area contributed by atoms with Crippen molar-refractivity contribution < 1.29 is 17.9 Å². The number of sulfonamides is 1. The topological polar surface area (TPSA) is 102 Å². The molecule has 4 rings (SSSR count). The normalized spacial score (nSPS) is 11.3. The van der Waals surface area contributed by atoms with E-state index in [2.05, 4.69) is 20.0 Å². The molecule has 0 spiro atoms. The number of nitrogens with zero attached hydrogens (tertiary/aromatic N) is 2. The Morgan fingerprint density at radius 2 is 1.47 bits per heavy atom. The van der Waals surface area contributed by atoms with Gasteiger partial charge in [0.25, 0.3) is 10.0 Å². The summed E-state index contributed by atoms with van der Waals surface area (Å²) in [5.41, 5.74) is 3.26. The van der Waals surface area contributed by atoms with Crippen molar-refractivity contribution in [2.45, 2.75) is 18.2 Å². The van der Waals surface area contributed by atoms with Crippen molar-refractivity contribution in [2.75, 3.05) is 30.8 Å². The highest BCUT2D eigenvalue weighted by molar-refractivity contribution is 7.92. The predicted octanol–water partition coefficient (Wildman–Crippen LogP) is 4.41. The summed E-state index contributed by atoms with van der Waals surface area (Å²) in [4.78, 5) is 9.30. The maximum absolute atomic E-state index is 13.0. The summed E-state index contributed by atoms with van der Waals surface area (Å²) in [7, 11) is -0.650. The molecular formula is C25H26N4O4S. The molecule has 0 amide bonds. The van der Waals surface area contributed by atoms with Gasteiger partial charge in [0.15, 0.2) is 23.1 Å². The van der Waals surface area contributed by atoms with Crippen LogP contribution in [0.4, 0.5) is 11.6 Å². The van der Waals surface area contributed by atoms with Crippen LogP contribution in [0.15, 0.2) is 71.6 Å². The Labute approximate surface area is 199 Å². The molecule has 0 saturated heterocycles. The van der Waals surface area contributed by atoms with Crippen molar-refractivity contribution in [2.24, 2.45) is 0 Å². The van der Waals surface area contributed by atoms with Crippen LogP contribution in [0.25, 0.3) is 11.0 Å². The average molecular weight is 479 g/mol. The lowest BCUT2D eigenvalue weighted by atomic mass is 10.1. The summed E-state index contributed by atoms with van der Waals surface area (Å²) in [6, 6.07) is 19.7. The van der Waals surface area contributed by atoms with Gasteiger partial charge in [0.1, 0.15) is 0 Å². The molecule has 0 radical (unpaired) electrons. The van der Waals surface area contributed by atoms with Crippen molar-refractivity contribution in [1.82, 2.24) is 9.97 Å². The molecule has 0 fully saturated rings. The zero-order valence-electron chi connectivity index (χ0n) is 19.2. The summed E-state index contributed by atoms with van der Waals surface area (Å²) in [6.07, 6.45) is 0.652. The molecule has 4 aromatic rings. The summed E-state index contributed by atoms with van der Waals surface area (Å²) >= 11 is 0. The van der Waals surface area contributed by atoms with E-state index in [4.69, 9.17) is 9.47 Å². The van der Waals surface area contributed by atoms with Crippen molar-refractivity contribution in [1.29, 1.82) is 0 Å². The molecule has 1 aromatic heterocycles. The molecule has 34 heavy (non-hydrogen) atoms. The molecule has 0 saturated carbocycles. The first-order chi connectivity index (χ1) is 16.4. The zero-order valence-corrected chi connectivity index (χ0v) is 20.0. The second-order valence-electron chi connectivity index (χ2n) is 7.69. The van der Waals surface area contributed by atoms with E-state index in [1.54, 1.807) is 44.6 Å². The van der Waals surface area contributed by atoms with Crippen molar-refractivity contribution in [3.8, 4) is 11.5 Å². The fourth-order valence-electron chi connectivity index (χ4n) is 3.46. The fourth-order valence-corrected chi connectivity index (χ4v) is 4.47. The first kappa shape index (κ1) is 23.3. The van der Waals surface area contributed by atoms with Gasteiger partial charge in [0, 0.05) is 6.54 Å². The van der Waals surface area contributed by atoms with E-state index in [9.17, 15) is 8.42 Å². The lowest BCUT2D eigenvalue weighted by molar-refractivity contribution is 0.354. The van der Waals surface area contributed by atoms with E-state index in [1.807, 2.05) is 43.3 Å². The highest BCUT2D eigenvalue weighted by Crippen LogP contribution is 2.28. The van der Waals surface area contributed by atoms with Crippen LogP contribution in [0.3, 0.4) is 0 Å². The molecule has 8 nitrogen and oxygen atoms in total. The molecule has 176 valence electrons. The van der Waals surface area contributed by atoms with Crippen LogP contribution in [-0.2, 0) is 16.4 Å². The number of hydrogen-bond acceptors (Lipinski definition) is 7. The number of nitrogens with one attached hydrogen (secondary N) is 2. The number of anilines is 2. The molecule has 0 unspecified atom stereocenters. The second-order valence-corrected chi connectivity index (χ2v) is 9.38. The van der Waals surface area contributed by atoms with Crippen LogP contribution in [-0.4, -0.2) is 39.2 Å². The molecule has 0 aliphatic carbocycles. The first-order valence-electron chi connectivity index (χ1n) is 10.7. The van der Waals surface area contributed by atoms with E-state index < -0.39 is 10.0 Å². The van der Waals surface area contributed by atoms with Gasteiger partial charge in [-0.25, -0.2) is 18.4 Å². The van der Waals surface area contributed by atoms with Gasteiger partial charge < -0.3 is 14.8 Å². The zero-order chi connectivity index (χ0) is 24.1. The fraction of sp³-hybridized carbons (Fsp3) is 0.200. The number of hydrogen-bond donors (Lipinski definition) is 2. The Hall–Kier alpha value is -3.85. The monoisotopic (exact) mass is 478 g/mol. The van der Waals surface area contributed by atoms with Gasteiger partial charge in [0.2, 0.25) is 0 Å². The maximum atomic E-state index is 13.0. The van der Waals surface area contributed by atoms with Gasteiger partial charge in [-0.05, 0) is 55.3 Å². The van der Waals surface area contributed by atoms with Crippen LogP contribution in [0.5, 0.6) is 11.5 Å². The predicted molar refractivity (Wildman–Crippen MR) is 133 cm³/mol. The molecule has 1 heterocycles. The highest BCUT2D eigenvalue weighted by Gasteiger charge is 2.19. The number of benzene rings is 3. The van der Waals surface area contributed by atoms with Gasteiger partial charge in [-0.3, -0.25) is 4.72 Å². The lowest BCUT2D eigenvalue weighted by Gasteiger charge is -2.14. The van der Waals surface area contributed by atoms with Gasteiger partial charge in [0.05, 0.1) is 30.1 Å². The average Bonchev–Trinajstić information content (AvgIpc) is 2.84. The Bertz CT molecular complexity index is 1410. The lowest BCUT2D eigenvalue weighted by Crippen LogP contribution is -2.17. The standard InChI is InChI=1S/C25H26N4O4S/c1-17-8-11-19(12-9-17)34(30,31)29-25-24(27-20-6-4-5-7-21(20)28-25)26-15-14-18-10-13-22(32-2)23(16-18)33-3/h4-13,16H,14-15H2,1-3H3,(H,26,27)(H,28,29). The largest absolute Gasteiger partial charge is 0.493 e. The van der Waals surface area contributed by atoms with Gasteiger partial charge in [-0.2, -0.15) is 0 Å². The Morgan fingerprint density at radius 1 is 0.824 bits per heavy atom. The number of aromatic nitrogens is 2. The number of methoxy groups -OCH3 is 2. The third-order valence-corrected chi connectivity index (χ3v) is 6.64. The third-order valence-electron chi connectivity index (χ3n) is 5.29. The minimum Gasteiger partial charge on any atom is -0.493 e. The van der Waals surface area contributed by atoms with E-state index in [0.29, 0.717) is 41.3 Å². The summed E-state index contributed by atoms with van der Waals surface area (Å²) in [6.45, 7) is 2.40. The van der Waals surface area contributed by atoms with E-state index in [1.165, 1.54) is 0 Å². The van der Waals surface area contributed by atoms with Crippen LogP contribution in [0.2, 0.25) is 0 Å². The number of ether oxygens (including phenoxy) is 2. The Kier molecular flexibility index (Phi) is 6.83. The molecule has 0 bridgehead atoms. The minimum absolute atomic E-state index is 0.145. The van der Waals surface area contributed by atoms with E-state index in [-0.39, 0.29) is 10.7 Å². The van der Waals surface area contributed by atoms with Crippen molar-refractivity contribution in [3.05, 3.63) is 77.9 Å². The molecule has 2 N–H and O–H groups in total.